The zero-order valence-electron chi connectivity index (χ0n) is 9.70. The molecule has 5 heteroatoms. The molecule has 0 aromatic carbocycles. The van der Waals surface area contributed by atoms with Crippen LogP contribution in [0.5, 0.6) is 0 Å². The van der Waals surface area contributed by atoms with E-state index >= 15 is 0 Å². The van der Waals surface area contributed by atoms with Crippen LogP contribution in [-0.4, -0.2) is 41.2 Å². The van der Waals surface area contributed by atoms with E-state index in [9.17, 15) is 0 Å². The average molecular weight is 222 g/mol. The minimum atomic E-state index is 0.213. The van der Waals surface area contributed by atoms with E-state index in [0.717, 1.165) is 44.4 Å². The lowest BCUT2D eigenvalue weighted by Crippen LogP contribution is -2.42. The molecule has 1 aromatic heterocycles. The number of rotatable bonds is 3. The number of hydrogen-bond acceptors (Lipinski definition) is 5. The maximum atomic E-state index is 5.31. The quantitative estimate of drug-likeness (QED) is 0.808. The summed E-state index contributed by atoms with van der Waals surface area (Å²) in [5.41, 5.74) is 0.213. The molecule has 1 aliphatic heterocycles. The van der Waals surface area contributed by atoms with E-state index in [-0.39, 0.29) is 5.41 Å². The van der Waals surface area contributed by atoms with E-state index in [1.807, 2.05) is 0 Å². The third-order valence-electron chi connectivity index (χ3n) is 3.58. The summed E-state index contributed by atoms with van der Waals surface area (Å²) < 4.78 is 5.31. The van der Waals surface area contributed by atoms with Crippen molar-refractivity contribution in [3.63, 3.8) is 0 Å². The molecule has 0 unspecified atom stereocenters. The van der Waals surface area contributed by atoms with Crippen LogP contribution in [0, 0.1) is 0 Å². The molecule has 2 fully saturated rings. The average Bonchev–Trinajstić information content (AvgIpc) is 2.88. The van der Waals surface area contributed by atoms with Crippen molar-refractivity contribution in [2.75, 3.05) is 26.2 Å². The maximum absolute atomic E-state index is 5.31. The van der Waals surface area contributed by atoms with Gasteiger partial charge < -0.3 is 9.84 Å². The van der Waals surface area contributed by atoms with E-state index in [1.54, 1.807) is 0 Å². The van der Waals surface area contributed by atoms with E-state index in [0.29, 0.717) is 0 Å². The second-order valence-corrected chi connectivity index (χ2v) is 5.10. The summed E-state index contributed by atoms with van der Waals surface area (Å²) in [7, 11) is 0. The molecule has 1 saturated heterocycles. The fourth-order valence-electron chi connectivity index (χ4n) is 2.04. The van der Waals surface area contributed by atoms with Gasteiger partial charge in [-0.05, 0) is 12.8 Å². The summed E-state index contributed by atoms with van der Waals surface area (Å²) in [5, 5.41) is 7.42. The molecule has 1 N–H and O–H groups in total. The van der Waals surface area contributed by atoms with Gasteiger partial charge in [0.05, 0.1) is 6.54 Å². The lowest BCUT2D eigenvalue weighted by atomic mass is 10.1. The molecule has 16 heavy (non-hydrogen) atoms. The Morgan fingerprint density at radius 2 is 2.12 bits per heavy atom. The predicted octanol–water partition coefficient (Wildman–Crippen LogP) is 0.526. The van der Waals surface area contributed by atoms with E-state index in [2.05, 4.69) is 27.3 Å². The monoisotopic (exact) mass is 222 g/mol. The number of nitrogens with zero attached hydrogens (tertiary/aromatic N) is 3. The molecule has 5 nitrogen and oxygen atoms in total. The minimum absolute atomic E-state index is 0.213. The van der Waals surface area contributed by atoms with E-state index in [1.165, 1.54) is 12.8 Å². The summed E-state index contributed by atoms with van der Waals surface area (Å²) in [6.45, 7) is 7.23. The Bertz CT molecular complexity index is 366. The first-order valence-corrected chi connectivity index (χ1v) is 6.02. The van der Waals surface area contributed by atoms with Crippen LogP contribution in [0.4, 0.5) is 0 Å². The zero-order valence-corrected chi connectivity index (χ0v) is 9.70. The van der Waals surface area contributed by atoms with Gasteiger partial charge in [-0.3, -0.25) is 4.90 Å². The second-order valence-electron chi connectivity index (χ2n) is 5.10. The van der Waals surface area contributed by atoms with Crippen molar-refractivity contribution in [1.29, 1.82) is 0 Å². The third-order valence-corrected chi connectivity index (χ3v) is 3.58. The summed E-state index contributed by atoms with van der Waals surface area (Å²) in [4.78, 5) is 6.85. The maximum Gasteiger partial charge on any atom is 0.240 e. The van der Waals surface area contributed by atoms with Crippen LogP contribution in [0.15, 0.2) is 4.52 Å². The van der Waals surface area contributed by atoms with Gasteiger partial charge >= 0.3 is 0 Å². The Labute approximate surface area is 95.2 Å². The molecule has 0 radical (unpaired) electrons. The summed E-state index contributed by atoms with van der Waals surface area (Å²) in [5.74, 6) is 1.67. The van der Waals surface area contributed by atoms with Gasteiger partial charge in [0, 0.05) is 31.6 Å². The van der Waals surface area contributed by atoms with Crippen LogP contribution < -0.4 is 5.32 Å². The van der Waals surface area contributed by atoms with Crippen molar-refractivity contribution in [1.82, 2.24) is 20.4 Å². The van der Waals surface area contributed by atoms with Crippen molar-refractivity contribution < 1.29 is 4.52 Å². The minimum Gasteiger partial charge on any atom is -0.338 e. The van der Waals surface area contributed by atoms with Crippen molar-refractivity contribution in [2.45, 2.75) is 31.7 Å². The fraction of sp³-hybridized carbons (Fsp3) is 0.818. The van der Waals surface area contributed by atoms with Crippen LogP contribution in [-0.2, 0) is 12.0 Å². The van der Waals surface area contributed by atoms with Gasteiger partial charge in [-0.25, -0.2) is 0 Å². The van der Waals surface area contributed by atoms with Crippen molar-refractivity contribution in [3.05, 3.63) is 11.7 Å². The molecule has 0 amide bonds. The first-order valence-electron chi connectivity index (χ1n) is 6.02. The molecule has 1 aliphatic carbocycles. The van der Waals surface area contributed by atoms with Gasteiger partial charge in [0.1, 0.15) is 0 Å². The molecular weight excluding hydrogens is 204 g/mol. The van der Waals surface area contributed by atoms with Gasteiger partial charge in [-0.1, -0.05) is 12.1 Å². The molecule has 0 bridgehead atoms. The zero-order chi connectivity index (χ0) is 11.0. The van der Waals surface area contributed by atoms with Crippen molar-refractivity contribution in [2.24, 2.45) is 0 Å². The molecule has 0 spiro atoms. The number of hydrogen-bond donors (Lipinski definition) is 1. The van der Waals surface area contributed by atoms with Gasteiger partial charge in [0.25, 0.3) is 0 Å². The highest BCUT2D eigenvalue weighted by Crippen LogP contribution is 2.45. The lowest BCUT2D eigenvalue weighted by molar-refractivity contribution is 0.203. The topological polar surface area (TPSA) is 54.2 Å². The first-order chi connectivity index (χ1) is 7.76. The Morgan fingerprint density at radius 3 is 2.81 bits per heavy atom. The summed E-state index contributed by atoms with van der Waals surface area (Å²) in [6.07, 6.45) is 2.39. The second kappa shape index (κ2) is 3.82. The van der Waals surface area contributed by atoms with Gasteiger partial charge in [0.2, 0.25) is 5.89 Å². The largest absolute Gasteiger partial charge is 0.338 e. The smallest absolute Gasteiger partial charge is 0.240 e. The van der Waals surface area contributed by atoms with Crippen LogP contribution in [0.3, 0.4) is 0 Å². The summed E-state index contributed by atoms with van der Waals surface area (Å²) in [6, 6.07) is 0. The Balaban J connectivity index is 1.63. The highest BCUT2D eigenvalue weighted by molar-refractivity contribution is 5.14. The predicted molar refractivity (Wildman–Crippen MR) is 59.0 cm³/mol. The van der Waals surface area contributed by atoms with E-state index in [4.69, 9.17) is 4.52 Å². The molecule has 1 saturated carbocycles. The number of piperazine rings is 1. The van der Waals surface area contributed by atoms with Crippen molar-refractivity contribution in [3.8, 4) is 0 Å². The SMILES string of the molecule is CC1(c2noc(CN3CCNCC3)n2)CC1. The molecule has 1 aromatic rings. The summed E-state index contributed by atoms with van der Waals surface area (Å²) >= 11 is 0. The fourth-order valence-corrected chi connectivity index (χ4v) is 2.04. The highest BCUT2D eigenvalue weighted by Gasteiger charge is 2.43. The Kier molecular flexibility index (Phi) is 2.44. The van der Waals surface area contributed by atoms with E-state index < -0.39 is 0 Å². The van der Waals surface area contributed by atoms with Crippen LogP contribution in [0.2, 0.25) is 0 Å². The lowest BCUT2D eigenvalue weighted by Gasteiger charge is -2.25. The van der Waals surface area contributed by atoms with Gasteiger partial charge in [0.15, 0.2) is 5.82 Å². The van der Waals surface area contributed by atoms with Crippen LogP contribution in [0.25, 0.3) is 0 Å². The van der Waals surface area contributed by atoms with Crippen molar-refractivity contribution >= 4 is 0 Å². The number of nitrogens with one attached hydrogen (secondary N) is 1. The van der Waals surface area contributed by atoms with Gasteiger partial charge in [-0.15, -0.1) is 0 Å². The Hall–Kier alpha value is -0.940. The molecule has 2 aliphatic rings. The standard InChI is InChI=1S/C11H18N4O/c1-11(2-3-11)10-13-9(16-14-10)8-15-6-4-12-5-7-15/h12H,2-8H2,1H3. The van der Waals surface area contributed by atoms with Crippen LogP contribution >= 0.6 is 0 Å². The van der Waals surface area contributed by atoms with Crippen LogP contribution in [0.1, 0.15) is 31.5 Å². The molecule has 0 atom stereocenters. The molecule has 3 rings (SSSR count). The highest BCUT2D eigenvalue weighted by atomic mass is 16.5. The Morgan fingerprint density at radius 1 is 1.38 bits per heavy atom. The molecule has 2 heterocycles. The number of aromatic nitrogens is 2. The molecule has 88 valence electrons. The third kappa shape index (κ3) is 1.97. The van der Waals surface area contributed by atoms with Gasteiger partial charge in [-0.2, -0.15) is 4.98 Å². The normalized spacial score (nSPS) is 24.6. The first kappa shape index (κ1) is 10.2. The molecular formula is C11H18N4O.